The van der Waals surface area contributed by atoms with Gasteiger partial charge >= 0.3 is 0 Å². The SMILES string of the molecule is Cc1cc(C(=O)CN2CCN(c3ccccc3O)CC2)c(C)n1CC1COc2ccccc2O1. The molecule has 3 aromatic rings. The second kappa shape index (κ2) is 9.43. The van der Waals surface area contributed by atoms with E-state index in [4.69, 9.17) is 9.47 Å². The molecule has 1 N–H and O–H groups in total. The number of anilines is 1. The number of hydrogen-bond acceptors (Lipinski definition) is 6. The normalized spacial score (nSPS) is 18.2. The number of phenolic OH excluding ortho intramolecular Hbond substituents is 1. The van der Waals surface area contributed by atoms with E-state index >= 15 is 0 Å². The monoisotopic (exact) mass is 461 g/mol. The zero-order chi connectivity index (χ0) is 23.7. The summed E-state index contributed by atoms with van der Waals surface area (Å²) in [6.07, 6.45) is -0.106. The van der Waals surface area contributed by atoms with Crippen LogP contribution in [-0.4, -0.2) is 65.8 Å². The fraction of sp³-hybridized carbons (Fsp3) is 0.370. The van der Waals surface area contributed by atoms with Crippen LogP contribution in [0, 0.1) is 13.8 Å². The van der Waals surface area contributed by atoms with Crippen LogP contribution in [0.3, 0.4) is 0 Å². The average Bonchev–Trinajstić information content (AvgIpc) is 3.13. The van der Waals surface area contributed by atoms with E-state index in [0.29, 0.717) is 25.4 Å². The number of phenols is 1. The molecule has 0 aliphatic carbocycles. The van der Waals surface area contributed by atoms with Crippen LogP contribution >= 0.6 is 0 Å². The first-order chi connectivity index (χ1) is 16.5. The van der Waals surface area contributed by atoms with Crippen molar-refractivity contribution in [3.63, 3.8) is 0 Å². The summed E-state index contributed by atoms with van der Waals surface area (Å²) in [4.78, 5) is 17.6. The van der Waals surface area contributed by atoms with Crippen molar-refractivity contribution in [3.8, 4) is 17.2 Å². The molecule has 1 saturated heterocycles. The molecular weight excluding hydrogens is 430 g/mol. The van der Waals surface area contributed by atoms with Crippen molar-refractivity contribution in [2.75, 3.05) is 44.2 Å². The molecule has 7 nitrogen and oxygen atoms in total. The van der Waals surface area contributed by atoms with Crippen LogP contribution in [0.1, 0.15) is 21.7 Å². The van der Waals surface area contributed by atoms with Gasteiger partial charge in [-0.2, -0.15) is 0 Å². The average molecular weight is 462 g/mol. The van der Waals surface area contributed by atoms with Crippen molar-refractivity contribution in [3.05, 3.63) is 71.5 Å². The predicted molar refractivity (Wildman–Crippen MR) is 131 cm³/mol. The summed E-state index contributed by atoms with van der Waals surface area (Å²) in [6, 6.07) is 17.1. The lowest BCUT2D eigenvalue weighted by Crippen LogP contribution is -2.48. The van der Waals surface area contributed by atoms with Crippen LogP contribution in [0.2, 0.25) is 0 Å². The van der Waals surface area contributed by atoms with Crippen molar-refractivity contribution in [1.82, 2.24) is 9.47 Å². The lowest BCUT2D eigenvalue weighted by molar-refractivity contribution is 0.0777. The van der Waals surface area contributed by atoms with Gasteiger partial charge in [-0.25, -0.2) is 0 Å². The number of carbonyl (C=O) groups excluding carboxylic acids is 1. The minimum absolute atomic E-state index is 0.106. The Kier molecular flexibility index (Phi) is 6.20. The minimum Gasteiger partial charge on any atom is -0.506 e. The molecule has 1 unspecified atom stereocenters. The Morgan fingerprint density at radius 1 is 1.00 bits per heavy atom. The van der Waals surface area contributed by atoms with Gasteiger partial charge in [-0.3, -0.25) is 9.69 Å². The number of aromatic hydroxyl groups is 1. The number of aryl methyl sites for hydroxylation is 1. The lowest BCUT2D eigenvalue weighted by atomic mass is 10.1. The summed E-state index contributed by atoms with van der Waals surface area (Å²) in [6.45, 7) is 8.69. The van der Waals surface area contributed by atoms with E-state index in [-0.39, 0.29) is 11.9 Å². The highest BCUT2D eigenvalue weighted by molar-refractivity contribution is 5.99. The Labute approximate surface area is 200 Å². The second-order valence-corrected chi connectivity index (χ2v) is 9.07. The van der Waals surface area contributed by atoms with Gasteiger partial charge in [-0.1, -0.05) is 24.3 Å². The number of aromatic nitrogens is 1. The van der Waals surface area contributed by atoms with Crippen molar-refractivity contribution in [2.24, 2.45) is 0 Å². The van der Waals surface area contributed by atoms with E-state index < -0.39 is 0 Å². The zero-order valence-corrected chi connectivity index (χ0v) is 19.7. The number of para-hydroxylation sites is 4. The highest BCUT2D eigenvalue weighted by Gasteiger charge is 2.26. The van der Waals surface area contributed by atoms with Crippen LogP contribution in [0.5, 0.6) is 17.2 Å². The number of Topliss-reactive ketones (excluding diaryl/α,β-unsaturated/α-hetero) is 1. The van der Waals surface area contributed by atoms with Gasteiger partial charge in [0.1, 0.15) is 12.4 Å². The molecule has 0 saturated carbocycles. The van der Waals surface area contributed by atoms with Crippen LogP contribution in [0.15, 0.2) is 54.6 Å². The first kappa shape index (κ1) is 22.3. The van der Waals surface area contributed by atoms with Crippen LogP contribution in [-0.2, 0) is 6.54 Å². The zero-order valence-electron chi connectivity index (χ0n) is 19.7. The second-order valence-electron chi connectivity index (χ2n) is 9.07. The molecule has 0 spiro atoms. The van der Waals surface area contributed by atoms with Gasteiger partial charge in [0.2, 0.25) is 0 Å². The van der Waals surface area contributed by atoms with Gasteiger partial charge in [0.05, 0.1) is 18.8 Å². The third-order valence-corrected chi connectivity index (χ3v) is 6.79. The van der Waals surface area contributed by atoms with Gasteiger partial charge in [-0.15, -0.1) is 0 Å². The smallest absolute Gasteiger partial charge is 0.178 e. The van der Waals surface area contributed by atoms with Gasteiger partial charge < -0.3 is 24.0 Å². The molecule has 3 heterocycles. The number of carbonyl (C=O) groups is 1. The Balaban J connectivity index is 1.20. The number of benzene rings is 2. The van der Waals surface area contributed by atoms with E-state index in [0.717, 1.165) is 60.3 Å². The largest absolute Gasteiger partial charge is 0.506 e. The maximum atomic E-state index is 13.2. The molecule has 34 heavy (non-hydrogen) atoms. The number of rotatable bonds is 6. The summed E-state index contributed by atoms with van der Waals surface area (Å²) in [5.74, 6) is 1.98. The first-order valence-corrected chi connectivity index (χ1v) is 11.8. The van der Waals surface area contributed by atoms with E-state index in [1.807, 2.05) is 62.4 Å². The highest BCUT2D eigenvalue weighted by atomic mass is 16.6. The fourth-order valence-corrected chi connectivity index (χ4v) is 4.89. The third-order valence-electron chi connectivity index (χ3n) is 6.79. The number of nitrogens with zero attached hydrogens (tertiary/aromatic N) is 3. The molecule has 2 aliphatic rings. The topological polar surface area (TPSA) is 67.2 Å². The van der Waals surface area contributed by atoms with Crippen molar-refractivity contribution in [2.45, 2.75) is 26.5 Å². The molecule has 0 bridgehead atoms. The number of piperazine rings is 1. The molecule has 1 aromatic heterocycles. The van der Waals surface area contributed by atoms with Gasteiger partial charge in [-0.05, 0) is 44.2 Å². The molecule has 178 valence electrons. The quantitative estimate of drug-likeness (QED) is 0.565. The molecule has 1 fully saturated rings. The molecule has 0 radical (unpaired) electrons. The summed E-state index contributed by atoms with van der Waals surface area (Å²) in [5, 5.41) is 10.1. The summed E-state index contributed by atoms with van der Waals surface area (Å²) in [7, 11) is 0. The Morgan fingerprint density at radius 3 is 2.47 bits per heavy atom. The Hall–Kier alpha value is -3.45. The molecule has 0 amide bonds. The van der Waals surface area contributed by atoms with Gasteiger partial charge in [0.15, 0.2) is 23.4 Å². The first-order valence-electron chi connectivity index (χ1n) is 11.8. The molecule has 7 heteroatoms. The summed E-state index contributed by atoms with van der Waals surface area (Å²) in [5.41, 5.74) is 3.65. The Morgan fingerprint density at radius 2 is 1.71 bits per heavy atom. The predicted octanol–water partition coefficient (Wildman–Crippen LogP) is 3.66. The standard InChI is InChI=1S/C27H31N3O4/c1-19-15-22(20(2)30(19)16-21-18-33-26-9-5-6-10-27(26)34-21)25(32)17-28-11-13-29(14-12-28)23-7-3-4-8-24(23)31/h3-10,15,21,31H,11-14,16-18H2,1-2H3. The number of fused-ring (bicyclic) bond motifs is 1. The van der Waals surface area contributed by atoms with Crippen LogP contribution < -0.4 is 14.4 Å². The lowest BCUT2D eigenvalue weighted by Gasteiger charge is -2.36. The van der Waals surface area contributed by atoms with Crippen molar-refractivity contribution in [1.29, 1.82) is 0 Å². The third kappa shape index (κ3) is 4.48. The maximum absolute atomic E-state index is 13.2. The Bertz CT molecular complexity index is 1180. The summed E-state index contributed by atoms with van der Waals surface area (Å²) < 4.78 is 14.1. The number of ketones is 1. The minimum atomic E-state index is -0.106. The molecular formula is C27H31N3O4. The molecule has 5 rings (SSSR count). The van der Waals surface area contributed by atoms with Crippen molar-refractivity contribution < 1.29 is 19.4 Å². The van der Waals surface area contributed by atoms with E-state index in [9.17, 15) is 9.90 Å². The fourth-order valence-electron chi connectivity index (χ4n) is 4.89. The van der Waals surface area contributed by atoms with E-state index in [1.165, 1.54) is 0 Å². The maximum Gasteiger partial charge on any atom is 0.178 e. The highest BCUT2D eigenvalue weighted by Crippen LogP contribution is 2.32. The number of ether oxygens (including phenoxy) is 2. The number of hydrogen-bond donors (Lipinski definition) is 1. The van der Waals surface area contributed by atoms with Crippen molar-refractivity contribution >= 4 is 11.5 Å². The van der Waals surface area contributed by atoms with Crippen LogP contribution in [0.4, 0.5) is 5.69 Å². The van der Waals surface area contributed by atoms with Crippen LogP contribution in [0.25, 0.3) is 0 Å². The van der Waals surface area contributed by atoms with Gasteiger partial charge in [0.25, 0.3) is 0 Å². The summed E-state index contributed by atoms with van der Waals surface area (Å²) >= 11 is 0. The molecule has 1 atom stereocenters. The molecule has 2 aliphatic heterocycles. The molecule has 2 aromatic carbocycles. The van der Waals surface area contributed by atoms with E-state index in [1.54, 1.807) is 6.07 Å². The van der Waals surface area contributed by atoms with Gasteiger partial charge in [0, 0.05) is 43.1 Å². The van der Waals surface area contributed by atoms with E-state index in [2.05, 4.69) is 14.4 Å².